The number of morpholine rings is 1. The summed E-state index contributed by atoms with van der Waals surface area (Å²) >= 11 is 0. The summed E-state index contributed by atoms with van der Waals surface area (Å²) in [5.74, 6) is -0.806. The van der Waals surface area contributed by atoms with Crippen molar-refractivity contribution >= 4 is 75.0 Å². The van der Waals surface area contributed by atoms with Crippen LogP contribution in [0.3, 0.4) is 0 Å². The van der Waals surface area contributed by atoms with Crippen LogP contribution in [-0.4, -0.2) is 134 Å². The van der Waals surface area contributed by atoms with Gasteiger partial charge < -0.3 is 50.9 Å². The monoisotopic (exact) mass is 1090 g/mol. The number of nitrogens with one attached hydrogen (secondary N) is 5. The molecule has 3 fully saturated rings. The van der Waals surface area contributed by atoms with Gasteiger partial charge in [-0.15, -0.1) is 0 Å². The molecule has 1 unspecified atom stereocenters. The summed E-state index contributed by atoms with van der Waals surface area (Å²) in [4.78, 5) is 54.9. The molecule has 3 saturated heterocycles. The SMILES string of the molecule is C=CC(=O)Nc1cccc(-c2cc(C(F)(F)F)nc(Nc3cccc(N4CCN(C)C(C(=C)C(=O)Nc5cccc(-c6cc(Nc7ccc(N8CCOCC8)c(F)c7)nc(Nc7cccc(N8CCN(C)CC8)c7)n6)c5)C4)c3)n2)c1. The van der Waals surface area contributed by atoms with Crippen LogP contribution in [0.5, 0.6) is 0 Å². The summed E-state index contributed by atoms with van der Waals surface area (Å²) in [5.41, 5.74) is 5.59. The van der Waals surface area contributed by atoms with E-state index in [2.05, 4.69) is 88.5 Å². The number of carbonyl (C=O) groups is 2. The number of hydrogen-bond donors (Lipinski definition) is 5. The Morgan fingerprint density at radius 3 is 1.82 bits per heavy atom. The first-order valence-corrected chi connectivity index (χ1v) is 26.1. The lowest BCUT2D eigenvalue weighted by Crippen LogP contribution is -2.53. The first kappa shape index (κ1) is 54.4. The van der Waals surface area contributed by atoms with Gasteiger partial charge >= 0.3 is 6.18 Å². The van der Waals surface area contributed by atoms with E-state index in [1.54, 1.807) is 54.6 Å². The summed E-state index contributed by atoms with van der Waals surface area (Å²) in [5, 5.41) is 15.3. The number of amides is 2. The van der Waals surface area contributed by atoms with E-state index in [4.69, 9.17) is 14.7 Å². The van der Waals surface area contributed by atoms with Crippen LogP contribution < -0.4 is 41.3 Å². The lowest BCUT2D eigenvalue weighted by Gasteiger charge is -2.41. The van der Waals surface area contributed by atoms with Gasteiger partial charge in [0.25, 0.3) is 5.91 Å². The van der Waals surface area contributed by atoms with Gasteiger partial charge in [-0.25, -0.2) is 19.3 Å². The van der Waals surface area contributed by atoms with E-state index in [9.17, 15) is 22.8 Å². The minimum atomic E-state index is -4.78. The lowest BCUT2D eigenvalue weighted by molar-refractivity contribution is -0.141. The van der Waals surface area contributed by atoms with Gasteiger partial charge in [0.2, 0.25) is 17.8 Å². The predicted octanol–water partition coefficient (Wildman–Crippen LogP) is 10.0. The smallest absolute Gasteiger partial charge is 0.378 e. The molecule has 3 aliphatic rings. The third-order valence-electron chi connectivity index (χ3n) is 14.1. The van der Waals surface area contributed by atoms with Crippen LogP contribution in [0.1, 0.15) is 5.69 Å². The molecule has 17 nitrogen and oxygen atoms in total. The second-order valence-electron chi connectivity index (χ2n) is 19.7. The fraction of sp³-hybridized carbons (Fsp3) is 0.254. The number of piperazine rings is 2. The molecule has 5 N–H and O–H groups in total. The van der Waals surface area contributed by atoms with Crippen LogP contribution in [-0.2, 0) is 20.5 Å². The van der Waals surface area contributed by atoms with E-state index in [1.165, 1.54) is 12.1 Å². The highest BCUT2D eigenvalue weighted by molar-refractivity contribution is 6.04. The maximum atomic E-state index is 15.7. The first-order chi connectivity index (χ1) is 38.6. The molecule has 5 heterocycles. The second kappa shape index (κ2) is 24.0. The van der Waals surface area contributed by atoms with Crippen molar-refractivity contribution in [3.8, 4) is 22.5 Å². The Labute approximate surface area is 461 Å². The molecule has 7 aromatic rings. The number of ether oxygens (including phenoxy) is 1. The van der Waals surface area contributed by atoms with Gasteiger partial charge in [0, 0.05) is 121 Å². The lowest BCUT2D eigenvalue weighted by atomic mass is 10.0. The highest BCUT2D eigenvalue weighted by Gasteiger charge is 2.34. The molecule has 0 bridgehead atoms. The highest BCUT2D eigenvalue weighted by Crippen LogP contribution is 2.35. The molecule has 412 valence electrons. The average molecular weight is 1090 g/mol. The number of rotatable bonds is 16. The molecule has 1 atom stereocenters. The summed E-state index contributed by atoms with van der Waals surface area (Å²) < 4.78 is 63.8. The zero-order valence-corrected chi connectivity index (χ0v) is 44.2. The van der Waals surface area contributed by atoms with Crippen LogP contribution in [0.25, 0.3) is 22.5 Å². The molecular formula is C59H60F4N14O3. The molecule has 0 spiro atoms. The Morgan fingerprint density at radius 1 is 0.613 bits per heavy atom. The Kier molecular flexibility index (Phi) is 16.3. The van der Waals surface area contributed by atoms with E-state index in [0.717, 1.165) is 55.4 Å². The minimum Gasteiger partial charge on any atom is -0.378 e. The van der Waals surface area contributed by atoms with E-state index < -0.39 is 29.7 Å². The zero-order chi connectivity index (χ0) is 55.9. The summed E-state index contributed by atoms with van der Waals surface area (Å²) in [6.07, 6.45) is -3.69. The average Bonchev–Trinajstić information content (AvgIpc) is 3.58. The fourth-order valence-electron chi connectivity index (χ4n) is 9.74. The number of anilines is 11. The summed E-state index contributed by atoms with van der Waals surface area (Å²) in [7, 11) is 4.04. The highest BCUT2D eigenvalue weighted by atomic mass is 19.4. The van der Waals surface area contributed by atoms with Gasteiger partial charge in [-0.2, -0.15) is 18.2 Å². The molecule has 0 radical (unpaired) electrons. The van der Waals surface area contributed by atoms with E-state index >= 15 is 4.39 Å². The fourth-order valence-corrected chi connectivity index (χ4v) is 9.74. The van der Waals surface area contributed by atoms with Crippen molar-refractivity contribution in [2.75, 3.05) is 127 Å². The van der Waals surface area contributed by atoms with Crippen molar-refractivity contribution in [2.45, 2.75) is 12.2 Å². The van der Waals surface area contributed by atoms with Crippen molar-refractivity contribution in [3.63, 3.8) is 0 Å². The number of hydrogen-bond acceptors (Lipinski definition) is 15. The van der Waals surface area contributed by atoms with Gasteiger partial charge in [-0.05, 0) is 105 Å². The van der Waals surface area contributed by atoms with Gasteiger partial charge in [0.1, 0.15) is 11.6 Å². The second-order valence-corrected chi connectivity index (χ2v) is 19.7. The van der Waals surface area contributed by atoms with Crippen molar-refractivity contribution in [1.29, 1.82) is 0 Å². The Hall–Kier alpha value is -8.92. The molecule has 5 aromatic carbocycles. The quantitative estimate of drug-likeness (QED) is 0.0457. The molecule has 2 amide bonds. The number of nitrogens with zero attached hydrogens (tertiary/aromatic N) is 9. The largest absolute Gasteiger partial charge is 0.433 e. The number of alkyl halides is 3. The Bertz CT molecular complexity index is 3420. The van der Waals surface area contributed by atoms with Crippen molar-refractivity contribution in [2.24, 2.45) is 0 Å². The zero-order valence-electron chi connectivity index (χ0n) is 44.2. The standard InChI is InChI=1S/C59H60F4N14O3/c1-5-55(78)65-41-12-6-10-39(30-41)49-35-53(59(61,62)63)71-57(69-49)67-44-15-9-17-47(33-44)77-25-22-74(4)52(37-77)38(2)56(79)66-42-13-7-11-40(31-42)50-36-54(64-45-18-19-51(48(60)34-45)76-26-28-80-29-27-76)72-58(70-50)68-43-14-8-16-46(32-43)75-23-20-73(3)21-24-75/h5-19,30-36,52H,1-2,20-29,37H2,3-4H3,(H,65,78)(H,66,79)(H,67,69,71)(H2,64,68,70,72). The molecule has 3 aliphatic heterocycles. The molecule has 2 aromatic heterocycles. The number of halogens is 4. The van der Waals surface area contributed by atoms with Gasteiger partial charge in [0.05, 0.1) is 36.3 Å². The summed E-state index contributed by atoms with van der Waals surface area (Å²) in [6, 6.07) is 36.1. The number of aromatic nitrogens is 4. The normalized spacial score (nSPS) is 16.2. The van der Waals surface area contributed by atoms with E-state index in [-0.39, 0.29) is 17.5 Å². The molecule has 0 saturated carbocycles. The van der Waals surface area contributed by atoms with Crippen LogP contribution in [0.15, 0.2) is 152 Å². The van der Waals surface area contributed by atoms with Gasteiger partial charge in [0.15, 0.2) is 5.69 Å². The Morgan fingerprint density at radius 2 is 1.19 bits per heavy atom. The third-order valence-corrected chi connectivity index (χ3v) is 14.1. The molecule has 21 heteroatoms. The predicted molar refractivity (Wildman–Crippen MR) is 307 cm³/mol. The van der Waals surface area contributed by atoms with Crippen LogP contribution in [0, 0.1) is 5.82 Å². The third kappa shape index (κ3) is 13.3. The topological polar surface area (TPSA) is 171 Å². The maximum absolute atomic E-state index is 15.7. The van der Waals surface area contributed by atoms with Crippen molar-refractivity contribution in [3.05, 3.63) is 164 Å². The van der Waals surface area contributed by atoms with Crippen LogP contribution in [0.4, 0.5) is 80.8 Å². The van der Waals surface area contributed by atoms with Crippen molar-refractivity contribution in [1.82, 2.24) is 29.7 Å². The molecule has 0 aliphatic carbocycles. The summed E-state index contributed by atoms with van der Waals surface area (Å²) in [6.45, 7) is 15.2. The number of carbonyl (C=O) groups excluding carboxylic acids is 2. The first-order valence-electron chi connectivity index (χ1n) is 26.1. The number of benzene rings is 5. The van der Waals surface area contributed by atoms with E-state index in [0.29, 0.717) is 109 Å². The minimum absolute atomic E-state index is 0.0109. The van der Waals surface area contributed by atoms with E-state index in [1.807, 2.05) is 54.4 Å². The molecule has 10 rings (SSSR count). The van der Waals surface area contributed by atoms with Gasteiger partial charge in [-0.1, -0.05) is 49.6 Å². The molecule has 80 heavy (non-hydrogen) atoms. The maximum Gasteiger partial charge on any atom is 0.433 e. The van der Waals surface area contributed by atoms with Gasteiger partial charge in [-0.3, -0.25) is 14.5 Å². The number of likely N-dealkylation sites (N-methyl/N-ethyl adjacent to an activating group) is 2. The van der Waals surface area contributed by atoms with Crippen LogP contribution in [0.2, 0.25) is 0 Å². The molecular weight excluding hydrogens is 1030 g/mol. The van der Waals surface area contributed by atoms with Crippen molar-refractivity contribution < 1.29 is 31.9 Å². The Balaban J connectivity index is 0.851. The van der Waals surface area contributed by atoms with Crippen LogP contribution >= 0.6 is 0 Å².